The van der Waals surface area contributed by atoms with Gasteiger partial charge in [-0.25, -0.2) is 4.98 Å². The second-order valence-corrected chi connectivity index (χ2v) is 3.76. The van der Waals surface area contributed by atoms with Crippen molar-refractivity contribution in [3.63, 3.8) is 0 Å². The third-order valence-corrected chi connectivity index (χ3v) is 2.35. The molecule has 0 saturated carbocycles. The average molecular weight is 237 g/mol. The smallest absolute Gasteiger partial charge is 0.309 e. The Morgan fingerprint density at radius 2 is 2.06 bits per heavy atom. The van der Waals surface area contributed by atoms with E-state index in [0.717, 1.165) is 5.69 Å². The number of hydrogen-bond acceptors (Lipinski definition) is 2. The Morgan fingerprint density at radius 3 is 2.69 bits per heavy atom. The highest BCUT2D eigenvalue weighted by Crippen LogP contribution is 2.13. The highest BCUT2D eigenvalue weighted by Gasteiger charge is 2.04. The van der Waals surface area contributed by atoms with E-state index in [0.29, 0.717) is 10.7 Å². The number of halogens is 1. The van der Waals surface area contributed by atoms with Crippen LogP contribution in [0.4, 0.5) is 0 Å². The molecule has 2 rings (SSSR count). The summed E-state index contributed by atoms with van der Waals surface area (Å²) in [7, 11) is 0. The first-order chi connectivity index (χ1) is 7.65. The van der Waals surface area contributed by atoms with E-state index in [9.17, 15) is 4.79 Å². The number of aromatic nitrogens is 2. The molecule has 4 nitrogen and oxygen atoms in total. The summed E-state index contributed by atoms with van der Waals surface area (Å²) in [6.45, 7) is 0. The van der Waals surface area contributed by atoms with E-state index in [1.165, 1.54) is 0 Å². The molecule has 5 heteroatoms. The molecule has 2 aromatic rings. The topological polar surface area (TPSA) is 55.1 Å². The fraction of sp³-hybridized carbons (Fsp3) is 0.0909. The molecule has 0 fully saturated rings. The maximum absolute atomic E-state index is 10.5. The molecule has 0 aliphatic carbocycles. The highest BCUT2D eigenvalue weighted by atomic mass is 35.5. The van der Waals surface area contributed by atoms with Gasteiger partial charge >= 0.3 is 5.97 Å². The van der Waals surface area contributed by atoms with Crippen molar-refractivity contribution in [2.24, 2.45) is 0 Å². The molecule has 1 aromatic carbocycles. The van der Waals surface area contributed by atoms with E-state index < -0.39 is 5.97 Å². The van der Waals surface area contributed by atoms with Crippen LogP contribution in [-0.2, 0) is 11.2 Å². The minimum Gasteiger partial charge on any atom is -0.481 e. The summed E-state index contributed by atoms with van der Waals surface area (Å²) in [6.07, 6.45) is 3.21. The van der Waals surface area contributed by atoms with Crippen LogP contribution >= 0.6 is 11.6 Å². The lowest BCUT2D eigenvalue weighted by Gasteiger charge is -2.00. The number of benzene rings is 1. The van der Waals surface area contributed by atoms with Gasteiger partial charge in [0.2, 0.25) is 0 Å². The maximum atomic E-state index is 10.5. The Hall–Kier alpha value is -1.81. The molecule has 16 heavy (non-hydrogen) atoms. The molecule has 82 valence electrons. The average Bonchev–Trinajstić information content (AvgIpc) is 2.66. The van der Waals surface area contributed by atoms with Crippen molar-refractivity contribution in [3.8, 4) is 5.69 Å². The standard InChI is InChI=1S/C11H9ClN2O2/c12-8-1-3-10(4-2-8)14-6-9(13-7-14)5-11(15)16/h1-4,6-7H,5H2,(H,15,16). The molecule has 1 heterocycles. The normalized spacial score (nSPS) is 10.3. The monoisotopic (exact) mass is 236 g/mol. The zero-order valence-corrected chi connectivity index (χ0v) is 9.05. The van der Waals surface area contributed by atoms with Crippen LogP contribution in [0.1, 0.15) is 5.69 Å². The molecule has 0 amide bonds. The maximum Gasteiger partial charge on any atom is 0.309 e. The van der Waals surface area contributed by atoms with Crippen LogP contribution in [-0.4, -0.2) is 20.6 Å². The third-order valence-electron chi connectivity index (χ3n) is 2.09. The third kappa shape index (κ3) is 2.41. The molecule has 0 spiro atoms. The van der Waals surface area contributed by atoms with Gasteiger partial charge in [-0.15, -0.1) is 0 Å². The number of imidazole rings is 1. The highest BCUT2D eigenvalue weighted by molar-refractivity contribution is 6.30. The zero-order valence-electron chi connectivity index (χ0n) is 8.30. The lowest BCUT2D eigenvalue weighted by molar-refractivity contribution is -0.136. The number of carbonyl (C=O) groups is 1. The van der Waals surface area contributed by atoms with Gasteiger partial charge in [0.05, 0.1) is 18.4 Å². The van der Waals surface area contributed by atoms with Crippen molar-refractivity contribution in [3.05, 3.63) is 47.5 Å². The number of nitrogens with zero attached hydrogens (tertiary/aromatic N) is 2. The van der Waals surface area contributed by atoms with Crippen LogP contribution in [0.2, 0.25) is 5.02 Å². The first-order valence-corrected chi connectivity index (χ1v) is 5.03. The van der Waals surface area contributed by atoms with Crippen molar-refractivity contribution < 1.29 is 9.90 Å². The van der Waals surface area contributed by atoms with Gasteiger partial charge in [-0.1, -0.05) is 11.6 Å². The molecule has 0 aliphatic rings. The molecule has 0 saturated heterocycles. The van der Waals surface area contributed by atoms with Gasteiger partial charge in [-0.05, 0) is 24.3 Å². The van der Waals surface area contributed by atoms with Crippen molar-refractivity contribution in [2.75, 3.05) is 0 Å². The van der Waals surface area contributed by atoms with E-state index in [-0.39, 0.29) is 6.42 Å². The van der Waals surface area contributed by atoms with Crippen molar-refractivity contribution in [1.82, 2.24) is 9.55 Å². The predicted octanol–water partition coefficient (Wildman–Crippen LogP) is 2.15. The van der Waals surface area contributed by atoms with Gasteiger partial charge < -0.3 is 9.67 Å². The van der Waals surface area contributed by atoms with Crippen LogP contribution in [0.15, 0.2) is 36.8 Å². The summed E-state index contributed by atoms with van der Waals surface area (Å²) in [5.74, 6) is -0.888. The van der Waals surface area contributed by atoms with E-state index in [4.69, 9.17) is 16.7 Å². The number of hydrogen-bond donors (Lipinski definition) is 1. The molecular weight excluding hydrogens is 228 g/mol. The Labute approximate surface area is 97.1 Å². The second-order valence-electron chi connectivity index (χ2n) is 3.32. The van der Waals surface area contributed by atoms with E-state index in [1.54, 1.807) is 29.2 Å². The van der Waals surface area contributed by atoms with E-state index in [2.05, 4.69) is 4.98 Å². The zero-order chi connectivity index (χ0) is 11.5. The fourth-order valence-corrected chi connectivity index (χ4v) is 1.49. The van der Waals surface area contributed by atoms with Gasteiger partial charge in [-0.2, -0.15) is 0 Å². The summed E-state index contributed by atoms with van der Waals surface area (Å²) in [5, 5.41) is 9.28. The Balaban J connectivity index is 2.24. The van der Waals surface area contributed by atoms with Gasteiger partial charge in [0, 0.05) is 16.9 Å². The van der Waals surface area contributed by atoms with Gasteiger partial charge in [-0.3, -0.25) is 4.79 Å². The minimum absolute atomic E-state index is 0.0689. The SMILES string of the molecule is O=C(O)Cc1cn(-c2ccc(Cl)cc2)cn1. The van der Waals surface area contributed by atoms with Crippen molar-refractivity contribution in [1.29, 1.82) is 0 Å². The van der Waals surface area contributed by atoms with Crippen LogP contribution < -0.4 is 0 Å². The summed E-state index contributed by atoms with van der Waals surface area (Å²) in [4.78, 5) is 14.5. The van der Waals surface area contributed by atoms with E-state index in [1.807, 2.05) is 12.1 Å². The minimum atomic E-state index is -0.888. The number of carboxylic acid groups (broad SMARTS) is 1. The quantitative estimate of drug-likeness (QED) is 0.889. The van der Waals surface area contributed by atoms with Crippen LogP contribution in [0, 0.1) is 0 Å². The van der Waals surface area contributed by atoms with Crippen LogP contribution in [0.25, 0.3) is 5.69 Å². The lowest BCUT2D eigenvalue weighted by Crippen LogP contribution is -1.99. The van der Waals surface area contributed by atoms with Gasteiger partial charge in [0.25, 0.3) is 0 Å². The Bertz CT molecular complexity index is 505. The first-order valence-electron chi connectivity index (χ1n) is 4.66. The molecule has 0 atom stereocenters. The Morgan fingerprint density at radius 1 is 1.38 bits per heavy atom. The van der Waals surface area contributed by atoms with E-state index >= 15 is 0 Å². The Kier molecular flexibility index (Phi) is 2.92. The number of rotatable bonds is 3. The van der Waals surface area contributed by atoms with Gasteiger partial charge in [0.15, 0.2) is 0 Å². The molecule has 0 radical (unpaired) electrons. The largest absolute Gasteiger partial charge is 0.481 e. The molecule has 0 unspecified atom stereocenters. The first kappa shape index (κ1) is 10.7. The summed E-state index contributed by atoms with van der Waals surface area (Å²) in [6, 6.07) is 7.23. The van der Waals surface area contributed by atoms with Crippen molar-refractivity contribution >= 4 is 17.6 Å². The summed E-state index contributed by atoms with van der Waals surface area (Å²) < 4.78 is 1.76. The van der Waals surface area contributed by atoms with Crippen LogP contribution in [0.3, 0.4) is 0 Å². The predicted molar refractivity (Wildman–Crippen MR) is 59.9 cm³/mol. The molecule has 0 bridgehead atoms. The van der Waals surface area contributed by atoms with Crippen molar-refractivity contribution in [2.45, 2.75) is 6.42 Å². The molecule has 0 aliphatic heterocycles. The molecule has 1 aromatic heterocycles. The summed E-state index contributed by atoms with van der Waals surface area (Å²) in [5.41, 5.74) is 1.43. The molecule has 1 N–H and O–H groups in total. The van der Waals surface area contributed by atoms with Crippen LogP contribution in [0.5, 0.6) is 0 Å². The summed E-state index contributed by atoms with van der Waals surface area (Å²) >= 11 is 5.77. The second kappa shape index (κ2) is 4.37. The number of aliphatic carboxylic acids is 1. The fourth-order valence-electron chi connectivity index (χ4n) is 1.36. The lowest BCUT2D eigenvalue weighted by atomic mass is 10.3. The van der Waals surface area contributed by atoms with Gasteiger partial charge in [0.1, 0.15) is 0 Å². The molecular formula is C11H9ClN2O2. The number of carboxylic acids is 1.